The van der Waals surface area contributed by atoms with Crippen LogP contribution in [-0.2, 0) is 16.8 Å². The number of carbonyl (C=O) groups excluding carboxylic acids is 2. The van der Waals surface area contributed by atoms with Crippen molar-refractivity contribution >= 4 is 23.5 Å². The number of nitriles is 1. The number of anilines is 2. The lowest BCUT2D eigenvalue weighted by Crippen LogP contribution is -2.43. The van der Waals surface area contributed by atoms with E-state index >= 15 is 4.39 Å². The van der Waals surface area contributed by atoms with E-state index in [0.29, 0.717) is 61.1 Å². The third kappa shape index (κ3) is 6.02. The molecule has 2 aliphatic heterocycles. The number of amides is 2. The number of alkyl halides is 1. The van der Waals surface area contributed by atoms with Crippen LogP contribution in [0.1, 0.15) is 62.9 Å². The minimum absolute atomic E-state index is 0.105. The highest BCUT2D eigenvalue weighted by Crippen LogP contribution is 2.36. The number of ether oxygens (including phenoxy) is 1. The molecule has 1 N–H and O–H groups in total. The molecule has 3 aromatic rings. The number of nitrogens with zero attached hydrogens (tertiary/aromatic N) is 6. The summed E-state index contributed by atoms with van der Waals surface area (Å²) in [5.74, 6) is -0.0321. The maximum absolute atomic E-state index is 15.7. The Morgan fingerprint density at radius 1 is 1.07 bits per heavy atom. The first-order valence-corrected chi connectivity index (χ1v) is 13.8. The van der Waals surface area contributed by atoms with Gasteiger partial charge in [-0.2, -0.15) is 5.26 Å². The predicted octanol–water partition coefficient (Wildman–Crippen LogP) is 3.80. The fourth-order valence-electron chi connectivity index (χ4n) is 5.18. The van der Waals surface area contributed by atoms with Crippen LogP contribution in [0.25, 0.3) is 0 Å². The highest BCUT2D eigenvalue weighted by atomic mass is 19.1. The summed E-state index contributed by atoms with van der Waals surface area (Å²) in [4.78, 5) is 43.2. The molecule has 2 saturated heterocycles. The van der Waals surface area contributed by atoms with Crippen LogP contribution in [0.2, 0.25) is 0 Å². The molecule has 0 spiro atoms. The number of hydrogen-bond donors (Lipinski definition) is 1. The number of benzene rings is 1. The van der Waals surface area contributed by atoms with Gasteiger partial charge in [-0.25, -0.2) is 14.4 Å². The van der Waals surface area contributed by atoms with E-state index in [4.69, 9.17) is 10.00 Å². The molecule has 11 heteroatoms. The monoisotopic (exact) mass is 557 g/mol. The number of morpholine rings is 1. The smallest absolute Gasteiger partial charge is 0.258 e. The molecule has 0 atom stereocenters. The second-order valence-electron chi connectivity index (χ2n) is 10.3. The Labute approximate surface area is 238 Å². The van der Waals surface area contributed by atoms with Gasteiger partial charge in [0.2, 0.25) is 5.95 Å². The van der Waals surface area contributed by atoms with Crippen molar-refractivity contribution in [1.29, 1.82) is 5.26 Å². The maximum Gasteiger partial charge on any atom is 0.258 e. The molecule has 2 amide bonds. The van der Waals surface area contributed by atoms with Crippen LogP contribution in [0.3, 0.4) is 0 Å². The van der Waals surface area contributed by atoms with Crippen LogP contribution < -0.4 is 10.2 Å². The lowest BCUT2D eigenvalue weighted by molar-refractivity contribution is 0.0402. The largest absolute Gasteiger partial charge is 0.378 e. The topological polar surface area (TPSA) is 124 Å². The first-order chi connectivity index (χ1) is 19.8. The van der Waals surface area contributed by atoms with Gasteiger partial charge < -0.3 is 19.9 Å². The molecule has 41 heavy (non-hydrogen) atoms. The normalized spacial score (nSPS) is 16.6. The maximum atomic E-state index is 15.7. The van der Waals surface area contributed by atoms with E-state index in [-0.39, 0.29) is 43.4 Å². The molecule has 10 nitrogen and oxygen atoms in total. The molecule has 1 aromatic carbocycles. The summed E-state index contributed by atoms with van der Waals surface area (Å²) in [7, 11) is 0. The van der Waals surface area contributed by atoms with Crippen LogP contribution in [0, 0.1) is 18.3 Å². The number of likely N-dealkylation sites (tertiary alicyclic amines) is 1. The van der Waals surface area contributed by atoms with Crippen LogP contribution >= 0.6 is 0 Å². The molecule has 212 valence electrons. The second kappa shape index (κ2) is 12.0. The van der Waals surface area contributed by atoms with Gasteiger partial charge in [-0.1, -0.05) is 13.0 Å². The van der Waals surface area contributed by atoms with Crippen molar-refractivity contribution in [3.05, 3.63) is 76.4 Å². The van der Waals surface area contributed by atoms with E-state index in [2.05, 4.69) is 20.3 Å². The highest BCUT2D eigenvalue weighted by Gasteiger charge is 2.39. The van der Waals surface area contributed by atoms with Gasteiger partial charge in [0.15, 0.2) is 5.67 Å². The van der Waals surface area contributed by atoms with Gasteiger partial charge in [0, 0.05) is 68.9 Å². The Morgan fingerprint density at radius 3 is 2.39 bits per heavy atom. The minimum Gasteiger partial charge on any atom is -0.378 e. The summed E-state index contributed by atoms with van der Waals surface area (Å²) in [6, 6.07) is 8.70. The summed E-state index contributed by atoms with van der Waals surface area (Å²) in [6.07, 6.45) is 5.23. The van der Waals surface area contributed by atoms with Crippen molar-refractivity contribution in [2.75, 3.05) is 49.6 Å². The number of pyridine rings is 1. The third-order valence-corrected chi connectivity index (χ3v) is 7.70. The lowest BCUT2D eigenvalue weighted by Gasteiger charge is -2.36. The zero-order valence-electron chi connectivity index (χ0n) is 23.2. The van der Waals surface area contributed by atoms with Crippen LogP contribution in [-0.4, -0.2) is 71.1 Å². The summed E-state index contributed by atoms with van der Waals surface area (Å²) in [6.45, 7) is 6.90. The Hall–Kier alpha value is -4.43. The molecule has 0 saturated carbocycles. The van der Waals surface area contributed by atoms with Crippen molar-refractivity contribution in [3.63, 3.8) is 0 Å². The molecule has 0 aliphatic carbocycles. The van der Waals surface area contributed by atoms with Crippen molar-refractivity contribution < 1.29 is 18.7 Å². The minimum atomic E-state index is -1.66. The van der Waals surface area contributed by atoms with Gasteiger partial charge in [-0.15, -0.1) is 0 Å². The quantitative estimate of drug-likeness (QED) is 0.485. The van der Waals surface area contributed by atoms with Crippen LogP contribution in [0.5, 0.6) is 0 Å². The number of hydrogen-bond acceptors (Lipinski definition) is 8. The SMILES string of the molecule is CCc1cc(C)c(C(=O)N2CCC(F)(c3ccc(C#N)cn3)CC2)cc1NC(=O)c1cnc(N2CCOCC2)nc1. The van der Waals surface area contributed by atoms with E-state index in [0.717, 1.165) is 11.1 Å². The van der Waals surface area contributed by atoms with Gasteiger partial charge >= 0.3 is 0 Å². The number of aryl methyl sites for hydroxylation is 2. The Kier molecular flexibility index (Phi) is 8.21. The average molecular weight is 558 g/mol. The van der Waals surface area contributed by atoms with E-state index in [1.165, 1.54) is 18.6 Å². The standard InChI is InChI=1S/C30H32FN7O3/c1-3-22-14-20(2)24(28(40)37-8-6-30(31,7-9-37)26-5-4-21(16-32)17-33-26)15-25(22)36-27(39)23-18-34-29(35-19-23)38-10-12-41-13-11-38/h4-5,14-15,17-19H,3,6-13H2,1-2H3,(H,36,39). The molecular weight excluding hydrogens is 525 g/mol. The van der Waals surface area contributed by atoms with Gasteiger partial charge in [0.1, 0.15) is 6.07 Å². The number of rotatable bonds is 6. The third-order valence-electron chi connectivity index (χ3n) is 7.70. The first kappa shape index (κ1) is 28.1. The predicted molar refractivity (Wildman–Crippen MR) is 150 cm³/mol. The molecular formula is C30H32FN7O3. The highest BCUT2D eigenvalue weighted by molar-refractivity contribution is 6.05. The Morgan fingerprint density at radius 2 is 1.78 bits per heavy atom. The zero-order chi connectivity index (χ0) is 29.0. The second-order valence-corrected chi connectivity index (χ2v) is 10.3. The fourth-order valence-corrected chi connectivity index (χ4v) is 5.18. The number of carbonyl (C=O) groups is 2. The van der Waals surface area contributed by atoms with E-state index in [1.807, 2.05) is 30.9 Å². The molecule has 2 aliphatic rings. The van der Waals surface area contributed by atoms with E-state index in [9.17, 15) is 9.59 Å². The average Bonchev–Trinajstić information content (AvgIpc) is 3.02. The lowest BCUT2D eigenvalue weighted by atomic mass is 9.89. The van der Waals surface area contributed by atoms with Gasteiger partial charge in [0.05, 0.1) is 30.0 Å². The molecule has 4 heterocycles. The number of halogens is 1. The Bertz CT molecular complexity index is 1460. The fraction of sp³-hybridized carbons (Fsp3) is 0.400. The molecule has 0 unspecified atom stereocenters. The summed E-state index contributed by atoms with van der Waals surface area (Å²) in [5.41, 5.74) is 1.98. The summed E-state index contributed by atoms with van der Waals surface area (Å²) in [5, 5.41) is 11.9. The van der Waals surface area contributed by atoms with Crippen LogP contribution in [0.15, 0.2) is 42.9 Å². The number of aromatic nitrogens is 3. The number of nitrogens with one attached hydrogen (secondary N) is 1. The van der Waals surface area contributed by atoms with E-state index in [1.54, 1.807) is 23.1 Å². The summed E-state index contributed by atoms with van der Waals surface area (Å²) >= 11 is 0. The van der Waals surface area contributed by atoms with Gasteiger partial charge in [-0.05, 0) is 42.7 Å². The first-order valence-electron chi connectivity index (χ1n) is 13.8. The van der Waals surface area contributed by atoms with Crippen molar-refractivity contribution in [1.82, 2.24) is 19.9 Å². The molecule has 5 rings (SSSR count). The van der Waals surface area contributed by atoms with Gasteiger partial charge in [-0.3, -0.25) is 14.6 Å². The van der Waals surface area contributed by atoms with Crippen molar-refractivity contribution in [3.8, 4) is 6.07 Å². The molecule has 2 aromatic heterocycles. The molecule has 0 radical (unpaired) electrons. The Balaban J connectivity index is 1.28. The number of piperidine rings is 1. The van der Waals surface area contributed by atoms with E-state index < -0.39 is 5.67 Å². The van der Waals surface area contributed by atoms with Crippen LogP contribution in [0.4, 0.5) is 16.0 Å². The van der Waals surface area contributed by atoms with Crippen molar-refractivity contribution in [2.24, 2.45) is 0 Å². The summed E-state index contributed by atoms with van der Waals surface area (Å²) < 4.78 is 21.1. The molecule has 0 bridgehead atoms. The van der Waals surface area contributed by atoms with Crippen molar-refractivity contribution in [2.45, 2.75) is 38.8 Å². The van der Waals surface area contributed by atoms with Gasteiger partial charge in [0.25, 0.3) is 11.8 Å². The zero-order valence-corrected chi connectivity index (χ0v) is 23.2. The molecule has 2 fully saturated rings.